The fraction of sp³-hybridized carbons (Fsp3) is 0.500. The standard InChI is InChI=1S/C28H37Cl2N3O5S/c1-4-38-26-13-8-7-12-25(26)33(39(3,36)37)17-9-14-27(34)32(19-21-15-16-23(29)24(30)18-21)20(2)28(35)31-22-10-5-6-11-22/h7-8,12-13,15-16,18,20,22H,4-6,9-11,14,17,19H2,1-3H3,(H,31,35)/t20-/m1/s1. The number of para-hydroxylation sites is 2. The second kappa shape index (κ2) is 14.2. The van der Waals surface area contributed by atoms with E-state index >= 15 is 0 Å². The fourth-order valence-electron chi connectivity index (χ4n) is 4.73. The van der Waals surface area contributed by atoms with Gasteiger partial charge in [-0.25, -0.2) is 8.42 Å². The second-order valence-electron chi connectivity index (χ2n) is 9.78. The molecule has 0 spiro atoms. The number of hydrogen-bond acceptors (Lipinski definition) is 5. The van der Waals surface area contributed by atoms with Crippen molar-refractivity contribution in [3.05, 3.63) is 58.1 Å². The normalized spacial score (nSPS) is 14.6. The first kappa shape index (κ1) is 31.0. The average molecular weight is 599 g/mol. The Morgan fingerprint density at radius 3 is 2.44 bits per heavy atom. The van der Waals surface area contributed by atoms with E-state index in [1.165, 1.54) is 9.21 Å². The SMILES string of the molecule is CCOc1ccccc1N(CCCC(=O)N(Cc1ccc(Cl)c(Cl)c1)[C@H](C)C(=O)NC1CCCC1)S(C)(=O)=O. The zero-order valence-corrected chi connectivity index (χ0v) is 25.0. The van der Waals surface area contributed by atoms with Crippen molar-refractivity contribution in [3.63, 3.8) is 0 Å². The van der Waals surface area contributed by atoms with Gasteiger partial charge >= 0.3 is 0 Å². The molecule has 0 bridgehead atoms. The van der Waals surface area contributed by atoms with Crippen molar-refractivity contribution in [1.82, 2.24) is 10.2 Å². The van der Waals surface area contributed by atoms with E-state index in [1.54, 1.807) is 49.4 Å². The maximum absolute atomic E-state index is 13.5. The zero-order valence-electron chi connectivity index (χ0n) is 22.7. The number of carbonyl (C=O) groups excluding carboxylic acids is 2. The summed E-state index contributed by atoms with van der Waals surface area (Å²) >= 11 is 12.3. The minimum absolute atomic E-state index is 0.0468. The highest BCUT2D eigenvalue weighted by molar-refractivity contribution is 7.92. The van der Waals surface area contributed by atoms with E-state index in [-0.39, 0.29) is 43.8 Å². The van der Waals surface area contributed by atoms with Crippen LogP contribution in [0.4, 0.5) is 5.69 Å². The molecular weight excluding hydrogens is 561 g/mol. The lowest BCUT2D eigenvalue weighted by Crippen LogP contribution is -2.49. The van der Waals surface area contributed by atoms with E-state index in [1.807, 2.05) is 6.92 Å². The molecule has 2 amide bonds. The molecule has 0 radical (unpaired) electrons. The topological polar surface area (TPSA) is 96.0 Å². The van der Waals surface area contributed by atoms with Crippen molar-refractivity contribution in [1.29, 1.82) is 0 Å². The minimum atomic E-state index is -3.64. The molecule has 1 aliphatic rings. The largest absolute Gasteiger partial charge is 0.492 e. The second-order valence-corrected chi connectivity index (χ2v) is 12.5. The summed E-state index contributed by atoms with van der Waals surface area (Å²) in [7, 11) is -3.64. The first-order valence-electron chi connectivity index (χ1n) is 13.2. The molecule has 0 unspecified atom stereocenters. The van der Waals surface area contributed by atoms with E-state index in [9.17, 15) is 18.0 Å². The molecule has 1 saturated carbocycles. The summed E-state index contributed by atoms with van der Waals surface area (Å²) in [5.74, 6) is -0.0180. The Morgan fingerprint density at radius 1 is 1.10 bits per heavy atom. The van der Waals surface area contributed by atoms with Gasteiger partial charge in [-0.15, -0.1) is 0 Å². The van der Waals surface area contributed by atoms with Gasteiger partial charge in [-0.2, -0.15) is 0 Å². The van der Waals surface area contributed by atoms with Crippen molar-refractivity contribution < 1.29 is 22.7 Å². The summed E-state index contributed by atoms with van der Waals surface area (Å²) in [4.78, 5) is 28.1. The number of amides is 2. The van der Waals surface area contributed by atoms with Crippen LogP contribution in [0.3, 0.4) is 0 Å². The number of hydrogen-bond donors (Lipinski definition) is 1. The van der Waals surface area contributed by atoms with Gasteiger partial charge in [0.05, 0.1) is 28.6 Å². The number of carbonyl (C=O) groups is 2. The fourth-order valence-corrected chi connectivity index (χ4v) is 6.02. The molecule has 0 saturated heterocycles. The average Bonchev–Trinajstić information content (AvgIpc) is 3.40. The molecule has 11 heteroatoms. The lowest BCUT2D eigenvalue weighted by atomic mass is 10.1. The number of anilines is 1. The van der Waals surface area contributed by atoms with Crippen LogP contribution < -0.4 is 14.4 Å². The Kier molecular flexibility index (Phi) is 11.3. The Hall–Kier alpha value is -2.49. The van der Waals surface area contributed by atoms with Crippen LogP contribution in [0.1, 0.15) is 57.9 Å². The van der Waals surface area contributed by atoms with E-state index in [2.05, 4.69) is 5.32 Å². The first-order valence-corrected chi connectivity index (χ1v) is 15.8. The Bertz CT molecular complexity index is 1250. The number of ether oxygens (including phenoxy) is 1. The van der Waals surface area contributed by atoms with Crippen LogP contribution >= 0.6 is 23.2 Å². The van der Waals surface area contributed by atoms with Crippen LogP contribution in [-0.2, 0) is 26.2 Å². The van der Waals surface area contributed by atoms with Crippen LogP contribution in [-0.4, -0.2) is 56.6 Å². The van der Waals surface area contributed by atoms with Gasteiger partial charge in [0.2, 0.25) is 21.8 Å². The molecule has 0 heterocycles. The molecule has 3 rings (SSSR count). The summed E-state index contributed by atoms with van der Waals surface area (Å²) in [5.41, 5.74) is 1.16. The number of nitrogens with zero attached hydrogens (tertiary/aromatic N) is 2. The van der Waals surface area contributed by atoms with Crippen LogP contribution in [0.5, 0.6) is 5.75 Å². The highest BCUT2D eigenvalue weighted by Crippen LogP contribution is 2.30. The van der Waals surface area contributed by atoms with Crippen molar-refractivity contribution >= 4 is 50.7 Å². The van der Waals surface area contributed by atoms with Crippen molar-refractivity contribution in [2.45, 2.75) is 71.0 Å². The smallest absolute Gasteiger partial charge is 0.242 e. The third-order valence-corrected chi connectivity index (χ3v) is 8.71. The molecule has 1 aliphatic carbocycles. The molecule has 1 fully saturated rings. The molecule has 1 atom stereocenters. The minimum Gasteiger partial charge on any atom is -0.492 e. The summed E-state index contributed by atoms with van der Waals surface area (Å²) in [5, 5.41) is 3.84. The Morgan fingerprint density at radius 2 is 1.79 bits per heavy atom. The first-order chi connectivity index (χ1) is 18.5. The number of sulfonamides is 1. The Balaban J connectivity index is 1.76. The molecular formula is C28H37Cl2N3O5S. The number of nitrogens with one attached hydrogen (secondary N) is 1. The van der Waals surface area contributed by atoms with Crippen LogP contribution in [0.2, 0.25) is 10.0 Å². The molecule has 8 nitrogen and oxygen atoms in total. The number of halogens is 2. The molecule has 0 aromatic heterocycles. The highest BCUT2D eigenvalue weighted by atomic mass is 35.5. The predicted octanol–water partition coefficient (Wildman–Crippen LogP) is 5.41. The Labute approximate surface area is 241 Å². The monoisotopic (exact) mass is 597 g/mol. The third kappa shape index (κ3) is 8.75. The van der Waals surface area contributed by atoms with E-state index in [0.717, 1.165) is 37.5 Å². The van der Waals surface area contributed by atoms with E-state index in [4.69, 9.17) is 27.9 Å². The van der Waals surface area contributed by atoms with Crippen molar-refractivity contribution in [2.24, 2.45) is 0 Å². The van der Waals surface area contributed by atoms with E-state index in [0.29, 0.717) is 28.1 Å². The predicted molar refractivity (Wildman–Crippen MR) is 156 cm³/mol. The van der Waals surface area contributed by atoms with Gasteiger partial charge in [0.25, 0.3) is 0 Å². The summed E-state index contributed by atoms with van der Waals surface area (Å²) in [6.07, 6.45) is 5.45. The molecule has 1 N–H and O–H groups in total. The maximum atomic E-state index is 13.5. The lowest BCUT2D eigenvalue weighted by molar-refractivity contribution is -0.141. The van der Waals surface area contributed by atoms with Gasteiger partial charge < -0.3 is 15.0 Å². The zero-order chi connectivity index (χ0) is 28.6. The molecule has 2 aromatic rings. The summed E-state index contributed by atoms with van der Waals surface area (Å²) < 4.78 is 32.2. The van der Waals surface area contributed by atoms with Gasteiger partial charge in [-0.05, 0) is 62.9 Å². The lowest BCUT2D eigenvalue weighted by Gasteiger charge is -2.30. The van der Waals surface area contributed by atoms with Gasteiger partial charge in [0, 0.05) is 25.6 Å². The van der Waals surface area contributed by atoms with Crippen LogP contribution in [0.15, 0.2) is 42.5 Å². The van der Waals surface area contributed by atoms with Gasteiger partial charge in [0.15, 0.2) is 0 Å². The van der Waals surface area contributed by atoms with Crippen LogP contribution in [0, 0.1) is 0 Å². The van der Waals surface area contributed by atoms with Gasteiger partial charge in [0.1, 0.15) is 11.8 Å². The van der Waals surface area contributed by atoms with Gasteiger partial charge in [-0.3, -0.25) is 13.9 Å². The maximum Gasteiger partial charge on any atom is 0.242 e. The molecule has 2 aromatic carbocycles. The number of benzene rings is 2. The quantitative estimate of drug-likeness (QED) is 0.333. The third-order valence-electron chi connectivity index (χ3n) is 6.79. The van der Waals surface area contributed by atoms with Crippen LogP contribution in [0.25, 0.3) is 0 Å². The van der Waals surface area contributed by atoms with Crippen molar-refractivity contribution in [3.8, 4) is 5.75 Å². The van der Waals surface area contributed by atoms with E-state index < -0.39 is 16.1 Å². The number of rotatable bonds is 13. The van der Waals surface area contributed by atoms with Crippen molar-refractivity contribution in [2.75, 3.05) is 23.7 Å². The molecule has 214 valence electrons. The van der Waals surface area contributed by atoms with Gasteiger partial charge in [-0.1, -0.05) is 54.2 Å². The summed E-state index contributed by atoms with van der Waals surface area (Å²) in [6.45, 7) is 4.17. The molecule has 0 aliphatic heterocycles. The highest BCUT2D eigenvalue weighted by Gasteiger charge is 2.29. The molecule has 39 heavy (non-hydrogen) atoms. The summed E-state index contributed by atoms with van der Waals surface area (Å²) in [6, 6.07) is 11.4.